The fourth-order valence-electron chi connectivity index (χ4n) is 2.37. The summed E-state index contributed by atoms with van der Waals surface area (Å²) in [6.07, 6.45) is 0. The molecule has 1 aromatic heterocycles. The molecule has 0 bridgehead atoms. The van der Waals surface area contributed by atoms with Crippen LogP contribution in [0.5, 0.6) is 0 Å². The van der Waals surface area contributed by atoms with Crippen LogP contribution in [0, 0.1) is 0 Å². The molecule has 2 aromatic rings. The van der Waals surface area contributed by atoms with E-state index in [4.69, 9.17) is 0 Å². The molecule has 3 rings (SSSR count). The van der Waals surface area contributed by atoms with Crippen LogP contribution in [0.4, 0.5) is 10.5 Å². The van der Waals surface area contributed by atoms with Crippen LogP contribution in [0.25, 0.3) is 10.9 Å². The van der Waals surface area contributed by atoms with Crippen LogP contribution in [0.2, 0.25) is 0 Å². The Morgan fingerprint density at radius 2 is 2.05 bits per heavy atom. The number of nitrogens with zero attached hydrogens (tertiary/aromatic N) is 1. The van der Waals surface area contributed by atoms with E-state index in [1.807, 2.05) is 0 Å². The zero-order valence-corrected chi connectivity index (χ0v) is 11.6. The van der Waals surface area contributed by atoms with Gasteiger partial charge in [0.05, 0.1) is 5.69 Å². The summed E-state index contributed by atoms with van der Waals surface area (Å²) in [5, 5.41) is 5.85. The maximum absolute atomic E-state index is 12.0. The molecule has 7 heteroatoms. The van der Waals surface area contributed by atoms with Gasteiger partial charge in [0, 0.05) is 18.0 Å². The fourth-order valence-corrected chi connectivity index (χ4v) is 2.37. The monoisotopic (exact) mass is 286 g/mol. The van der Waals surface area contributed by atoms with Crippen molar-refractivity contribution in [1.29, 1.82) is 0 Å². The number of amides is 4. The number of hydrogen-bond acceptors (Lipinski definition) is 3. The van der Waals surface area contributed by atoms with Gasteiger partial charge in [0.2, 0.25) is 0 Å². The third-order valence-corrected chi connectivity index (χ3v) is 3.47. The minimum atomic E-state index is -0.527. The number of carbonyl (C=O) groups is 3. The number of anilines is 1. The van der Waals surface area contributed by atoms with Crippen LogP contribution in [0.3, 0.4) is 0 Å². The van der Waals surface area contributed by atoms with E-state index in [-0.39, 0.29) is 11.8 Å². The number of hydrogen-bond donors (Lipinski definition) is 3. The Balaban J connectivity index is 2.03. The standard InChI is InChI=1S/C14H14N4O3/c1-7-13(20)18(14(21)16-7)9-3-4-10-8(5-9)6-11(17-10)12(19)15-2/h3-7,17H,1-2H3,(H,15,19)(H,16,21)/t7-/m1/s1. The summed E-state index contributed by atoms with van der Waals surface area (Å²) in [6.45, 7) is 1.64. The normalized spacial score (nSPS) is 18.2. The van der Waals surface area contributed by atoms with E-state index in [0.717, 1.165) is 15.8 Å². The van der Waals surface area contributed by atoms with Gasteiger partial charge in [-0.05, 0) is 31.2 Å². The van der Waals surface area contributed by atoms with Gasteiger partial charge in [-0.25, -0.2) is 9.69 Å². The number of aromatic nitrogens is 1. The number of imide groups is 1. The molecule has 0 spiro atoms. The molecule has 1 atom stereocenters. The van der Waals surface area contributed by atoms with Crippen LogP contribution >= 0.6 is 0 Å². The van der Waals surface area contributed by atoms with Gasteiger partial charge in [0.15, 0.2) is 0 Å². The van der Waals surface area contributed by atoms with E-state index in [1.54, 1.807) is 38.2 Å². The van der Waals surface area contributed by atoms with Gasteiger partial charge in [0.25, 0.3) is 11.8 Å². The highest BCUT2D eigenvalue weighted by molar-refractivity contribution is 6.21. The largest absolute Gasteiger partial charge is 0.354 e. The molecule has 0 aliphatic carbocycles. The molecule has 3 N–H and O–H groups in total. The molecule has 1 fully saturated rings. The van der Waals surface area contributed by atoms with Gasteiger partial charge < -0.3 is 15.6 Å². The Kier molecular flexibility index (Phi) is 2.90. The van der Waals surface area contributed by atoms with Gasteiger partial charge in [-0.1, -0.05) is 0 Å². The lowest BCUT2D eigenvalue weighted by atomic mass is 10.2. The van der Waals surface area contributed by atoms with Crippen molar-refractivity contribution in [2.75, 3.05) is 11.9 Å². The van der Waals surface area contributed by atoms with Gasteiger partial charge >= 0.3 is 6.03 Å². The Morgan fingerprint density at radius 1 is 1.29 bits per heavy atom. The van der Waals surface area contributed by atoms with Crippen molar-refractivity contribution in [2.45, 2.75) is 13.0 Å². The molecule has 1 aliphatic heterocycles. The predicted molar refractivity (Wildman–Crippen MR) is 77.2 cm³/mol. The van der Waals surface area contributed by atoms with Crippen molar-refractivity contribution in [1.82, 2.24) is 15.6 Å². The lowest BCUT2D eigenvalue weighted by Crippen LogP contribution is -2.30. The number of carbonyl (C=O) groups excluding carboxylic acids is 3. The average Bonchev–Trinajstić information content (AvgIpc) is 2.99. The summed E-state index contributed by atoms with van der Waals surface area (Å²) in [6, 6.07) is 5.82. The third-order valence-electron chi connectivity index (χ3n) is 3.47. The Labute approximate surface area is 120 Å². The molecule has 0 unspecified atom stereocenters. The quantitative estimate of drug-likeness (QED) is 0.718. The van der Waals surface area contributed by atoms with Crippen molar-refractivity contribution < 1.29 is 14.4 Å². The number of fused-ring (bicyclic) bond motifs is 1. The summed E-state index contributed by atoms with van der Waals surface area (Å²) in [7, 11) is 1.55. The SMILES string of the molecule is CNC(=O)c1cc2cc(N3C(=O)N[C@H](C)C3=O)ccc2[nH]1. The lowest BCUT2D eigenvalue weighted by molar-refractivity contribution is -0.117. The second kappa shape index (κ2) is 4.62. The first-order valence-electron chi connectivity index (χ1n) is 6.50. The van der Waals surface area contributed by atoms with Crippen molar-refractivity contribution >= 4 is 34.4 Å². The molecule has 108 valence electrons. The van der Waals surface area contributed by atoms with E-state index in [2.05, 4.69) is 15.6 Å². The predicted octanol–water partition coefficient (Wildman–Crippen LogP) is 0.972. The minimum absolute atomic E-state index is 0.226. The number of aromatic amines is 1. The first-order chi connectivity index (χ1) is 10.0. The average molecular weight is 286 g/mol. The molecular weight excluding hydrogens is 272 g/mol. The van der Waals surface area contributed by atoms with Crippen molar-refractivity contribution in [3.8, 4) is 0 Å². The summed E-state index contributed by atoms with van der Waals surface area (Å²) in [5.41, 5.74) is 1.67. The molecule has 2 heterocycles. The van der Waals surface area contributed by atoms with Crippen molar-refractivity contribution in [3.63, 3.8) is 0 Å². The van der Waals surface area contributed by atoms with Crippen LogP contribution in [-0.4, -0.2) is 35.9 Å². The lowest BCUT2D eigenvalue weighted by Gasteiger charge is -2.12. The molecule has 21 heavy (non-hydrogen) atoms. The van der Waals surface area contributed by atoms with E-state index in [9.17, 15) is 14.4 Å². The maximum atomic E-state index is 12.0. The first-order valence-corrected chi connectivity index (χ1v) is 6.50. The van der Waals surface area contributed by atoms with Crippen LogP contribution in [-0.2, 0) is 4.79 Å². The number of rotatable bonds is 2. The minimum Gasteiger partial charge on any atom is -0.354 e. The summed E-state index contributed by atoms with van der Waals surface area (Å²) >= 11 is 0. The Bertz CT molecular complexity index is 765. The van der Waals surface area contributed by atoms with E-state index < -0.39 is 12.1 Å². The van der Waals surface area contributed by atoms with Crippen LogP contribution in [0.1, 0.15) is 17.4 Å². The molecule has 1 aliphatic rings. The molecule has 7 nitrogen and oxygen atoms in total. The van der Waals surface area contributed by atoms with E-state index in [0.29, 0.717) is 11.4 Å². The highest BCUT2D eigenvalue weighted by atomic mass is 16.2. The van der Waals surface area contributed by atoms with Gasteiger partial charge in [-0.3, -0.25) is 9.59 Å². The molecular formula is C14H14N4O3. The Hall–Kier alpha value is -2.83. The second-order valence-electron chi connectivity index (χ2n) is 4.88. The highest BCUT2D eigenvalue weighted by Gasteiger charge is 2.36. The summed E-state index contributed by atoms with van der Waals surface area (Å²) < 4.78 is 0. The van der Waals surface area contributed by atoms with Crippen LogP contribution in [0.15, 0.2) is 24.3 Å². The van der Waals surface area contributed by atoms with Crippen molar-refractivity contribution in [3.05, 3.63) is 30.0 Å². The van der Waals surface area contributed by atoms with Gasteiger partial charge in [-0.2, -0.15) is 0 Å². The zero-order valence-electron chi connectivity index (χ0n) is 11.6. The number of benzene rings is 1. The molecule has 0 radical (unpaired) electrons. The number of H-pyrrole nitrogens is 1. The van der Waals surface area contributed by atoms with Gasteiger partial charge in [0.1, 0.15) is 11.7 Å². The zero-order chi connectivity index (χ0) is 15.1. The van der Waals surface area contributed by atoms with Crippen molar-refractivity contribution in [2.24, 2.45) is 0 Å². The smallest absolute Gasteiger partial charge is 0.329 e. The first kappa shape index (κ1) is 13.2. The summed E-state index contributed by atoms with van der Waals surface area (Å²) in [5.74, 6) is -0.516. The van der Waals surface area contributed by atoms with Crippen LogP contribution < -0.4 is 15.5 Å². The highest BCUT2D eigenvalue weighted by Crippen LogP contribution is 2.25. The number of urea groups is 1. The molecule has 1 saturated heterocycles. The summed E-state index contributed by atoms with van der Waals surface area (Å²) in [4.78, 5) is 39.5. The van der Waals surface area contributed by atoms with E-state index in [1.165, 1.54) is 0 Å². The topological polar surface area (TPSA) is 94.3 Å². The maximum Gasteiger partial charge on any atom is 0.329 e. The molecule has 1 aromatic carbocycles. The van der Waals surface area contributed by atoms with E-state index >= 15 is 0 Å². The fraction of sp³-hybridized carbons (Fsp3) is 0.214. The third kappa shape index (κ3) is 2.03. The Morgan fingerprint density at radius 3 is 2.67 bits per heavy atom. The second-order valence-corrected chi connectivity index (χ2v) is 4.88. The molecule has 4 amide bonds. The van der Waals surface area contributed by atoms with Gasteiger partial charge in [-0.15, -0.1) is 0 Å². The number of nitrogens with one attached hydrogen (secondary N) is 3. The molecule has 0 saturated carbocycles.